The number of amides is 1. The van der Waals surface area contributed by atoms with Crippen LogP contribution < -0.4 is 9.47 Å². The van der Waals surface area contributed by atoms with Crippen molar-refractivity contribution in [1.29, 1.82) is 0 Å². The van der Waals surface area contributed by atoms with Gasteiger partial charge in [-0.1, -0.05) is 0 Å². The molecule has 0 aliphatic carbocycles. The summed E-state index contributed by atoms with van der Waals surface area (Å²) in [7, 11) is 0. The van der Waals surface area contributed by atoms with E-state index >= 15 is 0 Å². The van der Waals surface area contributed by atoms with Gasteiger partial charge in [-0.15, -0.1) is 10.2 Å². The third-order valence-corrected chi connectivity index (χ3v) is 3.53. The molecule has 0 unspecified atom stereocenters. The first-order valence-corrected chi connectivity index (χ1v) is 8.28. The molecule has 11 heteroatoms. The zero-order valence-corrected chi connectivity index (χ0v) is 15.3. The standard InChI is InChI=1S/C17H18F4N4O3/c1-4-25(10(2)3)16(26)12-7-11(18)5-6-13(12)28-15-14(22-9-23-24-15)27-8-17(19,20)21/h5-7,9-10H,4,8H2,1-3H3. The van der Waals surface area contributed by atoms with Crippen molar-refractivity contribution in [3.05, 3.63) is 35.9 Å². The monoisotopic (exact) mass is 402 g/mol. The second-order valence-corrected chi connectivity index (χ2v) is 5.90. The summed E-state index contributed by atoms with van der Waals surface area (Å²) in [6.45, 7) is 4.08. The summed E-state index contributed by atoms with van der Waals surface area (Å²) in [6, 6.07) is 3.01. The van der Waals surface area contributed by atoms with E-state index in [1.165, 1.54) is 11.0 Å². The number of hydrogen-bond donors (Lipinski definition) is 0. The maximum Gasteiger partial charge on any atom is 0.422 e. The molecule has 0 fully saturated rings. The Morgan fingerprint density at radius 1 is 1.25 bits per heavy atom. The molecule has 7 nitrogen and oxygen atoms in total. The highest BCUT2D eigenvalue weighted by atomic mass is 19.4. The van der Waals surface area contributed by atoms with Crippen LogP contribution in [0.4, 0.5) is 17.6 Å². The first-order chi connectivity index (χ1) is 13.1. The molecule has 1 aromatic heterocycles. The Labute approximate surface area is 158 Å². The molecule has 28 heavy (non-hydrogen) atoms. The minimum atomic E-state index is -4.60. The zero-order chi connectivity index (χ0) is 20.9. The van der Waals surface area contributed by atoms with E-state index in [2.05, 4.69) is 19.9 Å². The largest absolute Gasteiger partial charge is 0.464 e. The second kappa shape index (κ2) is 8.81. The first kappa shape index (κ1) is 21.3. The summed E-state index contributed by atoms with van der Waals surface area (Å²) in [5.41, 5.74) is -0.122. The highest BCUT2D eigenvalue weighted by Crippen LogP contribution is 2.31. The summed E-state index contributed by atoms with van der Waals surface area (Å²) in [4.78, 5) is 17.8. The van der Waals surface area contributed by atoms with Gasteiger partial charge in [0.1, 0.15) is 17.9 Å². The SMILES string of the molecule is CCN(C(=O)c1cc(F)ccc1Oc1nncnc1OCC(F)(F)F)C(C)C. The highest BCUT2D eigenvalue weighted by molar-refractivity contribution is 5.97. The third kappa shape index (κ3) is 5.51. The molecule has 0 saturated heterocycles. The van der Waals surface area contributed by atoms with Crippen LogP contribution in [0.2, 0.25) is 0 Å². The van der Waals surface area contributed by atoms with E-state index in [-0.39, 0.29) is 17.4 Å². The van der Waals surface area contributed by atoms with Crippen LogP contribution >= 0.6 is 0 Å². The smallest absolute Gasteiger partial charge is 0.422 e. The number of hydrogen-bond acceptors (Lipinski definition) is 6. The fourth-order valence-corrected chi connectivity index (χ4v) is 2.33. The lowest BCUT2D eigenvalue weighted by molar-refractivity contribution is -0.154. The van der Waals surface area contributed by atoms with E-state index in [1.807, 2.05) is 0 Å². The van der Waals surface area contributed by atoms with Crippen molar-refractivity contribution in [3.8, 4) is 17.5 Å². The molecule has 1 heterocycles. The van der Waals surface area contributed by atoms with Crippen molar-refractivity contribution in [1.82, 2.24) is 20.1 Å². The molecule has 2 aromatic rings. The number of alkyl halides is 3. The second-order valence-electron chi connectivity index (χ2n) is 5.90. The predicted octanol–water partition coefficient (Wildman–Crippen LogP) is 3.61. The Balaban J connectivity index is 2.36. The summed E-state index contributed by atoms with van der Waals surface area (Å²) < 4.78 is 60.9. The number of benzene rings is 1. The maximum absolute atomic E-state index is 13.7. The maximum atomic E-state index is 13.7. The fraction of sp³-hybridized carbons (Fsp3) is 0.412. The van der Waals surface area contributed by atoms with Gasteiger partial charge in [-0.05, 0) is 39.0 Å². The molecule has 0 saturated carbocycles. The summed E-state index contributed by atoms with van der Waals surface area (Å²) in [5.74, 6) is -2.36. The van der Waals surface area contributed by atoms with Crippen LogP contribution in [0.3, 0.4) is 0 Å². The van der Waals surface area contributed by atoms with Crippen molar-refractivity contribution in [3.63, 3.8) is 0 Å². The third-order valence-electron chi connectivity index (χ3n) is 3.53. The molecular formula is C17H18F4N4O3. The molecule has 0 bridgehead atoms. The van der Waals surface area contributed by atoms with Gasteiger partial charge in [-0.3, -0.25) is 4.79 Å². The molecule has 1 aromatic carbocycles. The lowest BCUT2D eigenvalue weighted by Gasteiger charge is -2.26. The van der Waals surface area contributed by atoms with Gasteiger partial charge in [-0.25, -0.2) is 4.39 Å². The number of rotatable bonds is 7. The van der Waals surface area contributed by atoms with Gasteiger partial charge in [0.15, 0.2) is 6.61 Å². The van der Waals surface area contributed by atoms with Crippen LogP contribution in [0.25, 0.3) is 0 Å². The minimum Gasteiger partial charge on any atom is -0.464 e. The minimum absolute atomic E-state index is 0.121. The van der Waals surface area contributed by atoms with E-state index in [0.29, 0.717) is 6.54 Å². The predicted molar refractivity (Wildman–Crippen MR) is 89.7 cm³/mol. The number of carbonyl (C=O) groups is 1. The van der Waals surface area contributed by atoms with Gasteiger partial charge in [-0.2, -0.15) is 18.2 Å². The summed E-state index contributed by atoms with van der Waals surface area (Å²) in [6.07, 6.45) is -3.72. The summed E-state index contributed by atoms with van der Waals surface area (Å²) in [5, 5.41) is 6.99. The van der Waals surface area contributed by atoms with Gasteiger partial charge in [0.2, 0.25) is 0 Å². The zero-order valence-electron chi connectivity index (χ0n) is 15.3. The molecule has 152 valence electrons. The van der Waals surface area contributed by atoms with E-state index in [0.717, 1.165) is 18.5 Å². The fourth-order valence-electron chi connectivity index (χ4n) is 2.33. The van der Waals surface area contributed by atoms with E-state index in [1.54, 1.807) is 20.8 Å². The Hall–Kier alpha value is -2.98. The van der Waals surface area contributed by atoms with Crippen LogP contribution in [0.15, 0.2) is 24.5 Å². The Morgan fingerprint density at radius 3 is 2.57 bits per heavy atom. The van der Waals surface area contributed by atoms with E-state index in [4.69, 9.17) is 4.74 Å². The first-order valence-electron chi connectivity index (χ1n) is 8.28. The molecule has 1 amide bonds. The average molecular weight is 402 g/mol. The Bertz CT molecular complexity index is 830. The highest BCUT2D eigenvalue weighted by Gasteiger charge is 2.30. The van der Waals surface area contributed by atoms with Crippen molar-refractivity contribution in [2.45, 2.75) is 33.0 Å². The number of nitrogens with zero attached hydrogens (tertiary/aromatic N) is 4. The topological polar surface area (TPSA) is 77.4 Å². The Morgan fingerprint density at radius 2 is 1.96 bits per heavy atom. The van der Waals surface area contributed by atoms with Crippen molar-refractivity contribution in [2.75, 3.05) is 13.2 Å². The van der Waals surface area contributed by atoms with Gasteiger partial charge >= 0.3 is 12.1 Å². The molecule has 0 aliphatic heterocycles. The van der Waals surface area contributed by atoms with Crippen LogP contribution in [0.5, 0.6) is 17.5 Å². The van der Waals surface area contributed by atoms with E-state index < -0.39 is 36.3 Å². The normalized spacial score (nSPS) is 11.4. The molecule has 0 aliphatic rings. The molecule has 0 radical (unpaired) electrons. The van der Waals surface area contributed by atoms with Crippen LogP contribution in [-0.2, 0) is 0 Å². The van der Waals surface area contributed by atoms with Crippen LogP contribution in [0.1, 0.15) is 31.1 Å². The van der Waals surface area contributed by atoms with Crippen molar-refractivity contribution >= 4 is 5.91 Å². The van der Waals surface area contributed by atoms with Crippen molar-refractivity contribution in [2.24, 2.45) is 0 Å². The van der Waals surface area contributed by atoms with Gasteiger partial charge in [0, 0.05) is 12.6 Å². The lowest BCUT2D eigenvalue weighted by Crippen LogP contribution is -2.36. The van der Waals surface area contributed by atoms with Crippen LogP contribution in [-0.4, -0.2) is 51.4 Å². The van der Waals surface area contributed by atoms with Gasteiger partial charge in [0.25, 0.3) is 11.8 Å². The quantitative estimate of drug-likeness (QED) is 0.659. The van der Waals surface area contributed by atoms with Gasteiger partial charge in [0.05, 0.1) is 5.56 Å². The molecule has 2 rings (SSSR count). The number of aromatic nitrogens is 3. The molecule has 0 N–H and O–H groups in total. The van der Waals surface area contributed by atoms with Crippen molar-refractivity contribution < 1.29 is 31.8 Å². The number of carbonyl (C=O) groups excluding carboxylic acids is 1. The van der Waals surface area contributed by atoms with Crippen LogP contribution in [0, 0.1) is 5.82 Å². The summed E-state index contributed by atoms with van der Waals surface area (Å²) >= 11 is 0. The number of halogens is 4. The van der Waals surface area contributed by atoms with E-state index in [9.17, 15) is 22.4 Å². The lowest BCUT2D eigenvalue weighted by atomic mass is 10.1. The molecule has 0 spiro atoms. The molecule has 0 atom stereocenters. The molecular weight excluding hydrogens is 384 g/mol. The average Bonchev–Trinajstić information content (AvgIpc) is 2.62. The van der Waals surface area contributed by atoms with Gasteiger partial charge < -0.3 is 14.4 Å². The number of ether oxygens (including phenoxy) is 2. The Kier molecular flexibility index (Phi) is 6.71.